The summed E-state index contributed by atoms with van der Waals surface area (Å²) in [6, 6.07) is 39.4. The van der Waals surface area contributed by atoms with E-state index in [2.05, 4.69) is 118 Å². The van der Waals surface area contributed by atoms with Gasteiger partial charge >= 0.3 is 0 Å². The lowest BCUT2D eigenvalue weighted by Crippen LogP contribution is -2.31. The molecule has 2 aliphatic rings. The van der Waals surface area contributed by atoms with Gasteiger partial charge in [-0.25, -0.2) is 0 Å². The van der Waals surface area contributed by atoms with Crippen molar-refractivity contribution in [3.63, 3.8) is 0 Å². The first-order valence-electron chi connectivity index (χ1n) is 16.0. The van der Waals surface area contributed by atoms with E-state index >= 15 is 0 Å². The Bertz CT molecular complexity index is 2330. The van der Waals surface area contributed by atoms with Gasteiger partial charge in [0.15, 0.2) is 11.6 Å². The Balaban J connectivity index is 1.31. The van der Waals surface area contributed by atoms with E-state index in [0.717, 1.165) is 27.7 Å². The minimum atomic E-state index is -0.332. The number of nitrogens with zero attached hydrogens (tertiary/aromatic N) is 1. The van der Waals surface area contributed by atoms with Crippen molar-refractivity contribution in [1.29, 1.82) is 0 Å². The first kappa shape index (κ1) is 29.0. The number of fused-ring (bicyclic) bond motifs is 5. The molecule has 0 amide bonds. The molecule has 224 valence electrons. The van der Waals surface area contributed by atoms with Crippen LogP contribution in [0.4, 0.5) is 17.1 Å². The molecule has 1 aliphatic carbocycles. The topological polar surface area (TPSA) is 37.4 Å². The van der Waals surface area contributed by atoms with Crippen molar-refractivity contribution in [3.05, 3.63) is 160 Å². The molecule has 0 saturated heterocycles. The van der Waals surface area contributed by atoms with E-state index in [9.17, 15) is 9.59 Å². The van der Waals surface area contributed by atoms with Crippen molar-refractivity contribution in [1.82, 2.24) is 0 Å². The van der Waals surface area contributed by atoms with Crippen molar-refractivity contribution in [3.8, 4) is 11.1 Å². The van der Waals surface area contributed by atoms with Gasteiger partial charge in [0.1, 0.15) is 7.85 Å². The molecule has 47 heavy (non-hydrogen) atoms. The molecule has 8 rings (SSSR count). The molecule has 4 heteroatoms. The highest BCUT2D eigenvalue weighted by Crippen LogP contribution is 2.54. The van der Waals surface area contributed by atoms with E-state index in [1.165, 1.54) is 39.1 Å². The van der Waals surface area contributed by atoms with Crippen LogP contribution in [0.25, 0.3) is 28.0 Å². The lowest BCUT2D eigenvalue weighted by atomic mass is 9.71. The lowest BCUT2D eigenvalue weighted by molar-refractivity contribution is 0.0990. The molecule has 0 saturated carbocycles. The molecule has 6 aromatic rings. The first-order valence-corrected chi connectivity index (χ1v) is 16.0. The van der Waals surface area contributed by atoms with E-state index in [0.29, 0.717) is 16.6 Å². The minimum Gasteiger partial charge on any atom is -0.310 e. The molecular weight excluding hydrogens is 573 g/mol. The third-order valence-electron chi connectivity index (χ3n) is 9.92. The maximum Gasteiger partial charge on any atom is 0.197 e. The van der Waals surface area contributed by atoms with E-state index < -0.39 is 0 Å². The van der Waals surface area contributed by atoms with Gasteiger partial charge in [-0.15, -0.1) is 0 Å². The predicted molar refractivity (Wildman–Crippen MR) is 194 cm³/mol. The number of carbonyl (C=O) groups is 2. The smallest absolute Gasteiger partial charge is 0.197 e. The Labute approximate surface area is 276 Å². The summed E-state index contributed by atoms with van der Waals surface area (Å²) >= 11 is 0. The summed E-state index contributed by atoms with van der Waals surface area (Å²) in [5.74, 6) is -0.537. The van der Waals surface area contributed by atoms with E-state index in [1.54, 1.807) is 24.3 Å². The second-order valence-electron chi connectivity index (χ2n) is 13.3. The fourth-order valence-corrected chi connectivity index (χ4v) is 7.69. The molecule has 1 heterocycles. The summed E-state index contributed by atoms with van der Waals surface area (Å²) < 4.78 is 0. The number of para-hydroxylation sites is 1. The fourth-order valence-electron chi connectivity index (χ4n) is 7.69. The summed E-state index contributed by atoms with van der Waals surface area (Å²) in [6.07, 6.45) is 1.72. The summed E-state index contributed by atoms with van der Waals surface area (Å²) in [4.78, 5) is 28.8. The van der Waals surface area contributed by atoms with Gasteiger partial charge in [-0.2, -0.15) is 0 Å². The van der Waals surface area contributed by atoms with Gasteiger partial charge in [0.25, 0.3) is 0 Å². The zero-order valence-corrected chi connectivity index (χ0v) is 26.9. The molecule has 0 N–H and O–H groups in total. The van der Waals surface area contributed by atoms with Crippen LogP contribution >= 0.6 is 0 Å². The van der Waals surface area contributed by atoms with Crippen LogP contribution in [-0.4, -0.2) is 19.4 Å². The third kappa shape index (κ3) is 4.43. The molecule has 2 radical (unpaired) electrons. The standard InChI is InChI=1S/C43H32BNO2/c1-25-9-8-10-26(2)39(25)29-15-19-37-36(23-29)43(3,4)40-32-17-13-27(22-35-41(46)33-18-16-30(44)24-34(33)42(35)47)21-28(32)14-20-38(40)45(37)31-11-6-5-7-12-31/h5-24H,1-4H3/b35-22-. The van der Waals surface area contributed by atoms with Crippen LogP contribution in [0.15, 0.2) is 121 Å². The number of anilines is 3. The van der Waals surface area contributed by atoms with Crippen molar-refractivity contribution in [2.45, 2.75) is 33.1 Å². The molecule has 0 aromatic heterocycles. The van der Waals surface area contributed by atoms with Crippen molar-refractivity contribution >= 4 is 58.8 Å². The molecule has 0 unspecified atom stereocenters. The Morgan fingerprint density at radius 3 is 2.17 bits per heavy atom. The number of benzene rings is 6. The molecular formula is C43H32BNO2. The van der Waals surface area contributed by atoms with E-state index in [-0.39, 0.29) is 22.6 Å². The van der Waals surface area contributed by atoms with Crippen LogP contribution in [0.2, 0.25) is 0 Å². The van der Waals surface area contributed by atoms with Gasteiger partial charge in [-0.05, 0) is 106 Å². The van der Waals surface area contributed by atoms with Crippen LogP contribution < -0.4 is 10.4 Å². The number of carbonyl (C=O) groups excluding carboxylic acids is 2. The number of allylic oxidation sites excluding steroid dienone is 1. The number of hydrogen-bond acceptors (Lipinski definition) is 3. The highest BCUT2D eigenvalue weighted by atomic mass is 16.2. The van der Waals surface area contributed by atoms with Crippen LogP contribution in [0.1, 0.15) is 62.4 Å². The van der Waals surface area contributed by atoms with Crippen molar-refractivity contribution in [2.75, 3.05) is 4.90 Å². The second-order valence-corrected chi connectivity index (χ2v) is 13.3. The molecule has 3 nitrogen and oxygen atoms in total. The number of rotatable bonds is 3. The maximum atomic E-state index is 13.2. The zero-order chi connectivity index (χ0) is 32.6. The Hall–Kier alpha value is -5.48. The quantitative estimate of drug-likeness (QED) is 0.115. The number of ketones is 2. The maximum absolute atomic E-state index is 13.2. The SMILES string of the molecule is [B]c1ccc2c(c1)C(=O)/C(=C\c1ccc3c4c(ccc3c1)N(c1ccccc1)c1ccc(-c3c(C)cccc3C)cc1C4(C)C)C2=O. The summed E-state index contributed by atoms with van der Waals surface area (Å²) in [5.41, 5.74) is 12.8. The Morgan fingerprint density at radius 1 is 0.681 bits per heavy atom. The van der Waals surface area contributed by atoms with E-state index in [4.69, 9.17) is 7.85 Å². The van der Waals surface area contributed by atoms with Gasteiger partial charge in [-0.3, -0.25) is 9.59 Å². The minimum absolute atomic E-state index is 0.173. The average Bonchev–Trinajstić information content (AvgIpc) is 3.29. The van der Waals surface area contributed by atoms with Crippen molar-refractivity contribution in [2.24, 2.45) is 0 Å². The van der Waals surface area contributed by atoms with Gasteiger partial charge in [0, 0.05) is 22.2 Å². The molecule has 6 aromatic carbocycles. The second kappa shape index (κ2) is 10.5. The number of hydrogen-bond donors (Lipinski definition) is 0. The van der Waals surface area contributed by atoms with Gasteiger partial charge in [0.2, 0.25) is 0 Å². The fraction of sp³-hybridized carbons (Fsp3) is 0.116. The first-order chi connectivity index (χ1) is 22.6. The zero-order valence-electron chi connectivity index (χ0n) is 26.9. The van der Waals surface area contributed by atoms with Gasteiger partial charge in [-0.1, -0.05) is 98.2 Å². The predicted octanol–water partition coefficient (Wildman–Crippen LogP) is 9.49. The lowest BCUT2D eigenvalue weighted by Gasteiger charge is -2.43. The highest BCUT2D eigenvalue weighted by Gasteiger charge is 2.39. The Kier molecular flexibility index (Phi) is 6.49. The normalized spacial score (nSPS) is 15.6. The third-order valence-corrected chi connectivity index (χ3v) is 9.92. The highest BCUT2D eigenvalue weighted by molar-refractivity contribution is 6.43. The van der Waals surface area contributed by atoms with Gasteiger partial charge < -0.3 is 4.90 Å². The molecule has 0 atom stereocenters. The summed E-state index contributed by atoms with van der Waals surface area (Å²) in [5, 5.41) is 2.19. The van der Waals surface area contributed by atoms with Crippen LogP contribution in [0.5, 0.6) is 0 Å². The Morgan fingerprint density at radius 2 is 1.40 bits per heavy atom. The molecule has 1 aliphatic heterocycles. The summed E-state index contributed by atoms with van der Waals surface area (Å²) in [7, 11) is 5.92. The monoisotopic (exact) mass is 605 g/mol. The summed E-state index contributed by atoms with van der Waals surface area (Å²) in [6.45, 7) is 8.99. The number of Topliss-reactive ketones (excluding diaryl/α,β-unsaturated/α-hetero) is 2. The molecule has 0 spiro atoms. The van der Waals surface area contributed by atoms with Crippen LogP contribution in [0.3, 0.4) is 0 Å². The number of aryl methyl sites for hydroxylation is 2. The van der Waals surface area contributed by atoms with Gasteiger partial charge in [0.05, 0.1) is 16.9 Å². The van der Waals surface area contributed by atoms with Crippen LogP contribution in [0, 0.1) is 13.8 Å². The van der Waals surface area contributed by atoms with Crippen molar-refractivity contribution < 1.29 is 9.59 Å². The largest absolute Gasteiger partial charge is 0.310 e. The molecule has 0 fully saturated rings. The van der Waals surface area contributed by atoms with E-state index in [1.807, 2.05) is 12.1 Å². The average molecular weight is 606 g/mol. The molecule has 0 bridgehead atoms. The van der Waals surface area contributed by atoms with Crippen LogP contribution in [-0.2, 0) is 5.41 Å².